The summed E-state index contributed by atoms with van der Waals surface area (Å²) in [5.74, 6) is -0.426. The number of rotatable bonds is 6. The zero-order valence-electron chi connectivity index (χ0n) is 14.7. The lowest BCUT2D eigenvalue weighted by Gasteiger charge is -2.32. The normalized spacial score (nSPS) is 15.8. The standard InChI is InChI=1S/C17H23N3O5/c1-11(2)16(17(22)19-6-8-25-9-7-19)18-14-5-4-13(12(3)21)10-15(14)20(23)24/h4-5,10-11,16,18H,6-9H2,1-3H3. The Balaban J connectivity index is 2.28. The molecule has 0 spiro atoms. The molecule has 0 saturated carbocycles. The van der Waals surface area contributed by atoms with Gasteiger partial charge in [-0.3, -0.25) is 19.7 Å². The predicted octanol–water partition coefficient (Wildman–Crippen LogP) is 2.09. The van der Waals surface area contributed by atoms with Crippen molar-refractivity contribution in [3.05, 3.63) is 33.9 Å². The van der Waals surface area contributed by atoms with E-state index in [0.717, 1.165) is 0 Å². The minimum Gasteiger partial charge on any atom is -0.378 e. The van der Waals surface area contributed by atoms with Gasteiger partial charge in [0.2, 0.25) is 5.91 Å². The molecule has 1 aromatic carbocycles. The number of amides is 1. The van der Waals surface area contributed by atoms with Crippen LogP contribution in [-0.2, 0) is 9.53 Å². The second kappa shape index (κ2) is 8.06. The molecule has 0 aliphatic carbocycles. The van der Waals surface area contributed by atoms with Gasteiger partial charge >= 0.3 is 0 Å². The third-order valence-corrected chi connectivity index (χ3v) is 4.17. The van der Waals surface area contributed by atoms with Crippen LogP contribution in [0.5, 0.6) is 0 Å². The zero-order valence-corrected chi connectivity index (χ0v) is 14.7. The second-order valence-electron chi connectivity index (χ2n) is 6.35. The summed E-state index contributed by atoms with van der Waals surface area (Å²) >= 11 is 0. The van der Waals surface area contributed by atoms with Crippen LogP contribution in [0.2, 0.25) is 0 Å². The number of morpholine rings is 1. The van der Waals surface area contributed by atoms with E-state index in [0.29, 0.717) is 26.3 Å². The van der Waals surface area contributed by atoms with E-state index >= 15 is 0 Å². The fourth-order valence-electron chi connectivity index (χ4n) is 2.69. The van der Waals surface area contributed by atoms with E-state index < -0.39 is 11.0 Å². The largest absolute Gasteiger partial charge is 0.378 e. The molecule has 1 N–H and O–H groups in total. The lowest BCUT2D eigenvalue weighted by atomic mass is 10.0. The first-order valence-corrected chi connectivity index (χ1v) is 8.23. The first kappa shape index (κ1) is 18.9. The highest BCUT2D eigenvalue weighted by Gasteiger charge is 2.30. The molecule has 25 heavy (non-hydrogen) atoms. The maximum Gasteiger partial charge on any atom is 0.293 e. The van der Waals surface area contributed by atoms with E-state index in [1.54, 1.807) is 4.90 Å². The van der Waals surface area contributed by atoms with Gasteiger partial charge in [-0.1, -0.05) is 13.8 Å². The molecule has 1 aliphatic rings. The number of ether oxygens (including phenoxy) is 1. The number of nitro benzene ring substituents is 1. The molecule has 1 fully saturated rings. The van der Waals surface area contributed by atoms with Gasteiger partial charge in [0.15, 0.2) is 5.78 Å². The molecule has 1 aromatic rings. The minimum atomic E-state index is -0.597. The summed E-state index contributed by atoms with van der Waals surface area (Å²) < 4.78 is 5.26. The molecular weight excluding hydrogens is 326 g/mol. The fourth-order valence-corrected chi connectivity index (χ4v) is 2.69. The highest BCUT2D eigenvalue weighted by molar-refractivity contribution is 5.96. The predicted molar refractivity (Wildman–Crippen MR) is 92.7 cm³/mol. The van der Waals surface area contributed by atoms with E-state index in [1.165, 1.54) is 25.1 Å². The van der Waals surface area contributed by atoms with Crippen LogP contribution in [0.15, 0.2) is 18.2 Å². The number of benzene rings is 1. The van der Waals surface area contributed by atoms with Crippen molar-refractivity contribution in [1.29, 1.82) is 0 Å². The van der Waals surface area contributed by atoms with Crippen LogP contribution in [0.25, 0.3) is 0 Å². The maximum atomic E-state index is 12.8. The molecule has 8 nitrogen and oxygen atoms in total. The Morgan fingerprint density at radius 1 is 1.28 bits per heavy atom. The number of ketones is 1. The van der Waals surface area contributed by atoms with Gasteiger partial charge in [-0.25, -0.2) is 0 Å². The Morgan fingerprint density at radius 2 is 1.92 bits per heavy atom. The van der Waals surface area contributed by atoms with Crippen LogP contribution in [0.1, 0.15) is 31.1 Å². The Morgan fingerprint density at radius 3 is 2.44 bits per heavy atom. The van der Waals surface area contributed by atoms with E-state index in [4.69, 9.17) is 4.74 Å². The third-order valence-electron chi connectivity index (χ3n) is 4.17. The monoisotopic (exact) mass is 349 g/mol. The number of hydrogen-bond donors (Lipinski definition) is 1. The molecule has 0 radical (unpaired) electrons. The lowest BCUT2D eigenvalue weighted by molar-refractivity contribution is -0.384. The summed E-state index contributed by atoms with van der Waals surface area (Å²) in [7, 11) is 0. The fraction of sp³-hybridized carbons (Fsp3) is 0.529. The zero-order chi connectivity index (χ0) is 18.6. The summed E-state index contributed by atoms with van der Waals surface area (Å²) in [6.07, 6.45) is 0. The number of nitro groups is 1. The van der Waals surface area contributed by atoms with Gasteiger partial charge in [-0.05, 0) is 25.0 Å². The molecule has 0 aromatic heterocycles. The Kier molecular flexibility index (Phi) is 6.08. The summed E-state index contributed by atoms with van der Waals surface area (Å²) in [4.78, 5) is 36.8. The smallest absolute Gasteiger partial charge is 0.293 e. The highest BCUT2D eigenvalue weighted by Crippen LogP contribution is 2.28. The topological polar surface area (TPSA) is 102 Å². The molecule has 1 heterocycles. The molecule has 1 amide bonds. The van der Waals surface area contributed by atoms with Crippen molar-refractivity contribution in [3.8, 4) is 0 Å². The van der Waals surface area contributed by atoms with Gasteiger partial charge < -0.3 is 15.0 Å². The van der Waals surface area contributed by atoms with E-state index in [-0.39, 0.29) is 34.5 Å². The number of hydrogen-bond acceptors (Lipinski definition) is 6. The molecule has 2 rings (SSSR count). The van der Waals surface area contributed by atoms with Crippen molar-refractivity contribution >= 4 is 23.1 Å². The molecule has 1 aliphatic heterocycles. The van der Waals surface area contributed by atoms with Crippen LogP contribution in [-0.4, -0.2) is 53.9 Å². The third kappa shape index (κ3) is 4.54. The Hall–Kier alpha value is -2.48. The van der Waals surface area contributed by atoms with Crippen LogP contribution in [0.3, 0.4) is 0 Å². The van der Waals surface area contributed by atoms with Crippen molar-refractivity contribution in [2.45, 2.75) is 26.8 Å². The van der Waals surface area contributed by atoms with Crippen LogP contribution in [0, 0.1) is 16.0 Å². The van der Waals surface area contributed by atoms with E-state index in [2.05, 4.69) is 5.32 Å². The Labute approximate surface area is 146 Å². The first-order chi connectivity index (χ1) is 11.8. The van der Waals surface area contributed by atoms with Gasteiger partial charge in [0.05, 0.1) is 18.1 Å². The van der Waals surface area contributed by atoms with Gasteiger partial charge in [-0.15, -0.1) is 0 Å². The molecule has 136 valence electrons. The number of nitrogens with zero attached hydrogens (tertiary/aromatic N) is 2. The molecular formula is C17H23N3O5. The van der Waals surface area contributed by atoms with Gasteiger partial charge in [0.25, 0.3) is 5.69 Å². The SMILES string of the molecule is CC(=O)c1ccc(NC(C(=O)N2CCOCC2)C(C)C)c([N+](=O)[O-])c1. The molecule has 0 bridgehead atoms. The summed E-state index contributed by atoms with van der Waals surface area (Å²) in [5, 5.41) is 14.4. The summed E-state index contributed by atoms with van der Waals surface area (Å²) in [6, 6.07) is 3.65. The lowest BCUT2D eigenvalue weighted by Crippen LogP contribution is -2.49. The van der Waals surface area contributed by atoms with Crippen LogP contribution >= 0.6 is 0 Å². The van der Waals surface area contributed by atoms with E-state index in [1.807, 2.05) is 13.8 Å². The quantitative estimate of drug-likeness (QED) is 0.479. The minimum absolute atomic E-state index is 0.0672. The van der Waals surface area contributed by atoms with Crippen molar-refractivity contribution in [2.24, 2.45) is 5.92 Å². The van der Waals surface area contributed by atoms with Crippen molar-refractivity contribution in [1.82, 2.24) is 4.90 Å². The van der Waals surface area contributed by atoms with Crippen LogP contribution in [0.4, 0.5) is 11.4 Å². The molecule has 8 heteroatoms. The number of Topliss-reactive ketones (excluding diaryl/α,β-unsaturated/α-hetero) is 1. The first-order valence-electron chi connectivity index (χ1n) is 8.23. The van der Waals surface area contributed by atoms with Gasteiger partial charge in [0, 0.05) is 24.7 Å². The average molecular weight is 349 g/mol. The number of carbonyl (C=O) groups excluding carboxylic acids is 2. The average Bonchev–Trinajstić information content (AvgIpc) is 2.59. The van der Waals surface area contributed by atoms with E-state index in [9.17, 15) is 19.7 Å². The summed E-state index contributed by atoms with van der Waals surface area (Å²) in [5.41, 5.74) is 0.279. The van der Waals surface area contributed by atoms with Crippen molar-refractivity contribution in [2.75, 3.05) is 31.6 Å². The van der Waals surface area contributed by atoms with Gasteiger partial charge in [0.1, 0.15) is 11.7 Å². The molecule has 1 unspecified atom stereocenters. The van der Waals surface area contributed by atoms with Crippen LogP contribution < -0.4 is 5.32 Å². The number of anilines is 1. The number of nitrogens with one attached hydrogen (secondary N) is 1. The van der Waals surface area contributed by atoms with Crippen molar-refractivity contribution < 1.29 is 19.2 Å². The maximum absolute atomic E-state index is 12.8. The molecule has 1 atom stereocenters. The van der Waals surface area contributed by atoms with Gasteiger partial charge in [-0.2, -0.15) is 0 Å². The molecule has 1 saturated heterocycles. The highest BCUT2D eigenvalue weighted by atomic mass is 16.6. The Bertz CT molecular complexity index is 668. The van der Waals surface area contributed by atoms with Crippen molar-refractivity contribution in [3.63, 3.8) is 0 Å². The number of carbonyl (C=O) groups is 2. The summed E-state index contributed by atoms with van der Waals surface area (Å²) in [6.45, 7) is 7.11. The second-order valence-corrected chi connectivity index (χ2v) is 6.35.